The third-order valence-electron chi connectivity index (χ3n) is 5.46. The number of ether oxygens (including phenoxy) is 1. The Kier molecular flexibility index (Phi) is 5.65. The molecule has 1 saturated heterocycles. The lowest BCUT2D eigenvalue weighted by Gasteiger charge is -2.31. The van der Waals surface area contributed by atoms with Crippen LogP contribution < -0.4 is 10.1 Å². The molecule has 2 heterocycles. The Morgan fingerprint density at radius 2 is 1.93 bits per heavy atom. The van der Waals surface area contributed by atoms with Gasteiger partial charge in [0.05, 0.1) is 17.8 Å². The molecule has 0 aliphatic carbocycles. The molecule has 0 spiro atoms. The smallest absolute Gasteiger partial charge is 0.253 e. The van der Waals surface area contributed by atoms with Gasteiger partial charge in [0, 0.05) is 31.6 Å². The fourth-order valence-electron chi connectivity index (χ4n) is 3.79. The third kappa shape index (κ3) is 3.98. The number of hydrogen-bond donors (Lipinski definition) is 1. The zero-order chi connectivity index (χ0) is 21.1. The molecule has 2 aromatic carbocycles. The van der Waals surface area contributed by atoms with Gasteiger partial charge in [0.1, 0.15) is 11.3 Å². The average Bonchev–Trinajstić information content (AvgIpc) is 3.15. The number of piperidine rings is 1. The second kappa shape index (κ2) is 8.52. The standard InChI is InChI=1S/C22H25N5O3/c1-3-30-20-7-5-4-6-17(20)23-21(28)15-10-12-27(13-11-15)22(29)16-8-9-19-18(14-16)24-25-26(19)2/h4-9,14-15H,3,10-13H2,1-2H3,(H,23,28). The largest absolute Gasteiger partial charge is 0.492 e. The summed E-state index contributed by atoms with van der Waals surface area (Å²) in [6.45, 7) is 3.53. The number of rotatable bonds is 5. The number of likely N-dealkylation sites (tertiary alicyclic amines) is 1. The second-order valence-corrected chi connectivity index (χ2v) is 7.40. The number of aryl methyl sites for hydroxylation is 1. The lowest BCUT2D eigenvalue weighted by Crippen LogP contribution is -2.41. The highest BCUT2D eigenvalue weighted by Crippen LogP contribution is 2.26. The Balaban J connectivity index is 1.37. The molecule has 1 aromatic heterocycles. The molecule has 0 atom stereocenters. The number of aromatic nitrogens is 3. The van der Waals surface area contributed by atoms with Crippen molar-refractivity contribution >= 4 is 28.5 Å². The molecule has 0 radical (unpaired) electrons. The lowest BCUT2D eigenvalue weighted by atomic mass is 9.95. The normalized spacial score (nSPS) is 14.7. The minimum absolute atomic E-state index is 0.0322. The van der Waals surface area contributed by atoms with E-state index in [1.54, 1.807) is 21.7 Å². The summed E-state index contributed by atoms with van der Waals surface area (Å²) in [6.07, 6.45) is 1.25. The highest BCUT2D eigenvalue weighted by atomic mass is 16.5. The number of carbonyl (C=O) groups excluding carboxylic acids is 2. The SMILES string of the molecule is CCOc1ccccc1NC(=O)C1CCN(C(=O)c2ccc3c(c2)nnn3C)CC1. The van der Waals surface area contributed by atoms with Gasteiger partial charge >= 0.3 is 0 Å². The van der Waals surface area contributed by atoms with Gasteiger partial charge in [-0.1, -0.05) is 17.3 Å². The Hall–Kier alpha value is -3.42. The van der Waals surface area contributed by atoms with Gasteiger partial charge in [-0.25, -0.2) is 4.68 Å². The van der Waals surface area contributed by atoms with Crippen LogP contribution in [-0.4, -0.2) is 51.4 Å². The van der Waals surface area contributed by atoms with Gasteiger partial charge in [-0.3, -0.25) is 9.59 Å². The summed E-state index contributed by atoms with van der Waals surface area (Å²) >= 11 is 0. The first-order valence-corrected chi connectivity index (χ1v) is 10.2. The number of carbonyl (C=O) groups is 2. The third-order valence-corrected chi connectivity index (χ3v) is 5.46. The van der Waals surface area contributed by atoms with Crippen LogP contribution in [0.5, 0.6) is 5.75 Å². The Labute approximate surface area is 174 Å². The van der Waals surface area contributed by atoms with Crippen molar-refractivity contribution in [3.63, 3.8) is 0 Å². The molecule has 1 N–H and O–H groups in total. The first kappa shape index (κ1) is 19.9. The molecule has 1 aliphatic heterocycles. The highest BCUT2D eigenvalue weighted by molar-refractivity contribution is 5.98. The van der Waals surface area contributed by atoms with Crippen LogP contribution in [-0.2, 0) is 11.8 Å². The highest BCUT2D eigenvalue weighted by Gasteiger charge is 2.28. The van der Waals surface area contributed by atoms with Crippen molar-refractivity contribution in [3.8, 4) is 5.75 Å². The summed E-state index contributed by atoms with van der Waals surface area (Å²) < 4.78 is 7.25. The number of amides is 2. The Morgan fingerprint density at radius 3 is 2.70 bits per heavy atom. The maximum Gasteiger partial charge on any atom is 0.253 e. The number of fused-ring (bicyclic) bond motifs is 1. The number of para-hydroxylation sites is 2. The van der Waals surface area contributed by atoms with Crippen molar-refractivity contribution in [2.24, 2.45) is 13.0 Å². The van der Waals surface area contributed by atoms with Gasteiger partial charge in [0.2, 0.25) is 5.91 Å². The van der Waals surface area contributed by atoms with E-state index >= 15 is 0 Å². The summed E-state index contributed by atoms with van der Waals surface area (Å²) in [5, 5.41) is 11.0. The van der Waals surface area contributed by atoms with E-state index in [1.807, 2.05) is 44.3 Å². The first-order valence-electron chi connectivity index (χ1n) is 10.2. The lowest BCUT2D eigenvalue weighted by molar-refractivity contribution is -0.121. The van der Waals surface area contributed by atoms with Crippen LogP contribution >= 0.6 is 0 Å². The van der Waals surface area contributed by atoms with E-state index in [2.05, 4.69) is 15.6 Å². The molecule has 3 aromatic rings. The summed E-state index contributed by atoms with van der Waals surface area (Å²) in [5.74, 6) is 0.463. The number of nitrogens with zero attached hydrogens (tertiary/aromatic N) is 4. The zero-order valence-corrected chi connectivity index (χ0v) is 17.2. The topological polar surface area (TPSA) is 89.3 Å². The fourth-order valence-corrected chi connectivity index (χ4v) is 3.79. The van der Waals surface area contributed by atoms with E-state index in [-0.39, 0.29) is 17.7 Å². The quantitative estimate of drug-likeness (QED) is 0.703. The number of hydrogen-bond acceptors (Lipinski definition) is 5. The molecule has 1 aliphatic rings. The van der Waals surface area contributed by atoms with Crippen molar-refractivity contribution in [1.29, 1.82) is 0 Å². The summed E-state index contributed by atoms with van der Waals surface area (Å²) in [7, 11) is 1.82. The number of anilines is 1. The maximum atomic E-state index is 12.9. The van der Waals surface area contributed by atoms with Crippen LogP contribution in [0.15, 0.2) is 42.5 Å². The van der Waals surface area contributed by atoms with Gasteiger partial charge in [0.25, 0.3) is 5.91 Å². The van der Waals surface area contributed by atoms with Gasteiger partial charge in [-0.15, -0.1) is 5.10 Å². The van der Waals surface area contributed by atoms with E-state index in [0.29, 0.717) is 55.1 Å². The molecule has 8 heteroatoms. The van der Waals surface area contributed by atoms with Crippen LogP contribution in [0.2, 0.25) is 0 Å². The van der Waals surface area contributed by atoms with Gasteiger partial charge in [-0.05, 0) is 50.1 Å². The predicted molar refractivity (Wildman–Crippen MR) is 113 cm³/mol. The van der Waals surface area contributed by atoms with Crippen molar-refractivity contribution < 1.29 is 14.3 Å². The summed E-state index contributed by atoms with van der Waals surface area (Å²) in [5.41, 5.74) is 2.86. The summed E-state index contributed by atoms with van der Waals surface area (Å²) in [6, 6.07) is 12.9. The molecule has 0 saturated carbocycles. The van der Waals surface area contributed by atoms with Gasteiger partial charge in [0.15, 0.2) is 0 Å². The number of nitrogens with one attached hydrogen (secondary N) is 1. The minimum Gasteiger partial charge on any atom is -0.492 e. The second-order valence-electron chi connectivity index (χ2n) is 7.40. The van der Waals surface area contributed by atoms with Crippen molar-refractivity contribution in [2.75, 3.05) is 25.0 Å². The molecule has 0 bridgehead atoms. The first-order chi connectivity index (χ1) is 14.6. The molecule has 2 amide bonds. The molecule has 156 valence electrons. The predicted octanol–water partition coefficient (Wildman–Crippen LogP) is 2.86. The van der Waals surface area contributed by atoms with Crippen molar-refractivity contribution in [2.45, 2.75) is 19.8 Å². The fraction of sp³-hybridized carbons (Fsp3) is 0.364. The van der Waals surface area contributed by atoms with Crippen molar-refractivity contribution in [3.05, 3.63) is 48.0 Å². The molecule has 30 heavy (non-hydrogen) atoms. The monoisotopic (exact) mass is 407 g/mol. The minimum atomic E-state index is -0.133. The number of benzene rings is 2. The Morgan fingerprint density at radius 1 is 1.17 bits per heavy atom. The van der Waals surface area contributed by atoms with Crippen LogP contribution in [0.4, 0.5) is 5.69 Å². The molecule has 1 fully saturated rings. The van der Waals surface area contributed by atoms with Crippen LogP contribution in [0, 0.1) is 5.92 Å². The van der Waals surface area contributed by atoms with Gasteiger partial charge in [-0.2, -0.15) is 0 Å². The van der Waals surface area contributed by atoms with Crippen LogP contribution in [0.25, 0.3) is 11.0 Å². The van der Waals surface area contributed by atoms with E-state index in [4.69, 9.17) is 4.74 Å². The molecular formula is C22H25N5O3. The Bertz CT molecular complexity index is 1070. The van der Waals surface area contributed by atoms with Crippen LogP contribution in [0.3, 0.4) is 0 Å². The molecule has 4 rings (SSSR count). The zero-order valence-electron chi connectivity index (χ0n) is 17.2. The summed E-state index contributed by atoms with van der Waals surface area (Å²) in [4.78, 5) is 27.4. The van der Waals surface area contributed by atoms with Gasteiger partial charge < -0.3 is 15.0 Å². The average molecular weight is 407 g/mol. The van der Waals surface area contributed by atoms with E-state index in [9.17, 15) is 9.59 Å². The van der Waals surface area contributed by atoms with E-state index in [1.165, 1.54) is 0 Å². The maximum absolute atomic E-state index is 12.9. The van der Waals surface area contributed by atoms with Crippen molar-refractivity contribution in [1.82, 2.24) is 19.9 Å². The molecular weight excluding hydrogens is 382 g/mol. The molecule has 8 nitrogen and oxygen atoms in total. The van der Waals surface area contributed by atoms with E-state index in [0.717, 1.165) is 5.52 Å². The van der Waals surface area contributed by atoms with E-state index < -0.39 is 0 Å². The molecule has 0 unspecified atom stereocenters. The van der Waals surface area contributed by atoms with Crippen LogP contribution in [0.1, 0.15) is 30.1 Å².